The van der Waals surface area contributed by atoms with Crippen LogP contribution in [0.15, 0.2) is 60.7 Å². The number of nitrogens with zero attached hydrogens (tertiary/aromatic N) is 1. The predicted molar refractivity (Wildman–Crippen MR) is 113 cm³/mol. The van der Waals surface area contributed by atoms with Crippen molar-refractivity contribution < 1.29 is 24.2 Å². The molecule has 0 unspecified atom stereocenters. The summed E-state index contributed by atoms with van der Waals surface area (Å²) in [7, 11) is 0. The second-order valence-corrected chi connectivity index (χ2v) is 6.11. The van der Waals surface area contributed by atoms with Gasteiger partial charge in [0.2, 0.25) is 0 Å². The lowest BCUT2D eigenvalue weighted by Gasteiger charge is -2.16. The molecule has 0 aromatic heterocycles. The molecule has 154 valence electrons. The minimum atomic E-state index is -1.12. The summed E-state index contributed by atoms with van der Waals surface area (Å²) in [4.78, 5) is 23.4. The standard InChI is InChI=1S/C23H22N2O5/c1-3-8-17-11-16(13-20(29-4-2)22(17)30-15-21(26)27)12-18(14-24)23(28)25-19-9-6-5-7-10-19/h3,5-7,9-13H,1,4,8,15H2,2H3,(H,25,28)(H,26,27)/b18-12+. The van der Waals surface area contributed by atoms with Crippen LogP contribution in [0.3, 0.4) is 0 Å². The molecule has 0 saturated heterocycles. The Kier molecular flexibility index (Phi) is 8.21. The van der Waals surface area contributed by atoms with E-state index in [1.807, 2.05) is 12.1 Å². The van der Waals surface area contributed by atoms with E-state index in [1.165, 1.54) is 6.08 Å². The topological polar surface area (TPSA) is 109 Å². The largest absolute Gasteiger partial charge is 0.490 e. The number of hydrogen-bond donors (Lipinski definition) is 2. The van der Waals surface area contributed by atoms with Gasteiger partial charge in [0, 0.05) is 11.3 Å². The molecule has 0 bridgehead atoms. The van der Waals surface area contributed by atoms with Gasteiger partial charge in [-0.15, -0.1) is 6.58 Å². The number of nitriles is 1. The lowest BCUT2D eigenvalue weighted by Crippen LogP contribution is -2.13. The summed E-state index contributed by atoms with van der Waals surface area (Å²) in [5.74, 6) is -1.04. The molecule has 1 amide bonds. The van der Waals surface area contributed by atoms with Gasteiger partial charge in [-0.1, -0.05) is 24.3 Å². The molecule has 7 heteroatoms. The lowest BCUT2D eigenvalue weighted by molar-refractivity contribution is -0.139. The number of aliphatic carboxylic acids is 1. The zero-order valence-electron chi connectivity index (χ0n) is 16.6. The second kappa shape index (κ2) is 11.1. The molecule has 0 saturated carbocycles. The maximum Gasteiger partial charge on any atom is 0.341 e. The van der Waals surface area contributed by atoms with Crippen molar-refractivity contribution in [1.82, 2.24) is 0 Å². The summed E-state index contributed by atoms with van der Waals surface area (Å²) >= 11 is 0. The van der Waals surface area contributed by atoms with Crippen molar-refractivity contribution in [1.29, 1.82) is 5.26 Å². The molecule has 0 aliphatic heterocycles. The van der Waals surface area contributed by atoms with Gasteiger partial charge in [0.15, 0.2) is 18.1 Å². The molecule has 2 aromatic carbocycles. The van der Waals surface area contributed by atoms with E-state index in [1.54, 1.807) is 49.4 Å². The van der Waals surface area contributed by atoms with Crippen molar-refractivity contribution in [3.8, 4) is 17.6 Å². The fourth-order valence-electron chi connectivity index (χ4n) is 2.67. The number of benzene rings is 2. The molecule has 7 nitrogen and oxygen atoms in total. The van der Waals surface area contributed by atoms with Crippen LogP contribution in [0.4, 0.5) is 5.69 Å². The zero-order valence-corrected chi connectivity index (χ0v) is 16.6. The molecule has 2 aromatic rings. The smallest absolute Gasteiger partial charge is 0.341 e. The maximum absolute atomic E-state index is 12.5. The number of rotatable bonds is 10. The Hall–Kier alpha value is -4.05. The highest BCUT2D eigenvalue weighted by atomic mass is 16.5. The van der Waals surface area contributed by atoms with Gasteiger partial charge in [-0.05, 0) is 49.2 Å². The first-order chi connectivity index (χ1) is 14.5. The van der Waals surface area contributed by atoms with Gasteiger partial charge < -0.3 is 19.9 Å². The van der Waals surface area contributed by atoms with Gasteiger partial charge in [-0.3, -0.25) is 4.79 Å². The van der Waals surface area contributed by atoms with Crippen LogP contribution in [-0.2, 0) is 16.0 Å². The number of carbonyl (C=O) groups excluding carboxylic acids is 1. The summed E-state index contributed by atoms with van der Waals surface area (Å²) in [6.45, 7) is 5.29. The Morgan fingerprint density at radius 1 is 1.23 bits per heavy atom. The summed E-state index contributed by atoms with van der Waals surface area (Å²) < 4.78 is 11.0. The first-order valence-electron chi connectivity index (χ1n) is 9.21. The quantitative estimate of drug-likeness (QED) is 0.353. The number of carbonyl (C=O) groups is 2. The van der Waals surface area contributed by atoms with Crippen molar-refractivity contribution in [3.63, 3.8) is 0 Å². The van der Waals surface area contributed by atoms with Crippen molar-refractivity contribution in [2.24, 2.45) is 0 Å². The highest BCUT2D eigenvalue weighted by molar-refractivity contribution is 6.09. The number of para-hydroxylation sites is 1. The molecule has 30 heavy (non-hydrogen) atoms. The first kappa shape index (κ1) is 22.2. The number of amides is 1. The molecule has 0 heterocycles. The monoisotopic (exact) mass is 406 g/mol. The van der Waals surface area contributed by atoms with Crippen LogP contribution in [0.1, 0.15) is 18.1 Å². The molecular formula is C23H22N2O5. The normalized spacial score (nSPS) is 10.6. The third-order valence-corrected chi connectivity index (χ3v) is 3.87. The maximum atomic E-state index is 12.5. The fraction of sp³-hybridized carbons (Fsp3) is 0.174. The molecule has 2 N–H and O–H groups in total. The molecule has 0 radical (unpaired) electrons. The summed E-state index contributed by atoms with van der Waals surface area (Å²) in [5, 5.41) is 21.1. The van der Waals surface area contributed by atoms with Crippen LogP contribution < -0.4 is 14.8 Å². The summed E-state index contributed by atoms with van der Waals surface area (Å²) in [6.07, 6.45) is 3.46. The van der Waals surface area contributed by atoms with Gasteiger partial charge in [-0.2, -0.15) is 5.26 Å². The Morgan fingerprint density at radius 2 is 1.97 bits per heavy atom. The third kappa shape index (κ3) is 6.24. The first-order valence-corrected chi connectivity index (χ1v) is 9.21. The fourth-order valence-corrected chi connectivity index (χ4v) is 2.67. The van der Waals surface area contributed by atoms with Gasteiger partial charge in [-0.25, -0.2) is 4.79 Å². The van der Waals surface area contributed by atoms with E-state index in [0.29, 0.717) is 41.3 Å². The highest BCUT2D eigenvalue weighted by Crippen LogP contribution is 2.34. The lowest BCUT2D eigenvalue weighted by atomic mass is 10.0. The third-order valence-electron chi connectivity index (χ3n) is 3.87. The molecule has 0 aliphatic carbocycles. The Labute approximate surface area is 174 Å². The number of nitrogens with one attached hydrogen (secondary N) is 1. The number of carboxylic acid groups (broad SMARTS) is 1. The molecule has 2 rings (SSSR count). The van der Waals surface area contributed by atoms with E-state index >= 15 is 0 Å². The van der Waals surface area contributed by atoms with Crippen LogP contribution in [0.2, 0.25) is 0 Å². The van der Waals surface area contributed by atoms with Crippen molar-refractivity contribution >= 4 is 23.6 Å². The minimum Gasteiger partial charge on any atom is -0.490 e. The van der Waals surface area contributed by atoms with E-state index in [2.05, 4.69) is 11.9 Å². The Bertz CT molecular complexity index is 991. The van der Waals surface area contributed by atoms with Crippen LogP contribution in [-0.4, -0.2) is 30.2 Å². The molecule has 0 aliphatic rings. The number of carboxylic acids is 1. The van der Waals surface area contributed by atoms with Gasteiger partial charge in [0.05, 0.1) is 6.61 Å². The molecule has 0 atom stereocenters. The van der Waals surface area contributed by atoms with Crippen molar-refractivity contribution in [3.05, 3.63) is 71.8 Å². The van der Waals surface area contributed by atoms with Gasteiger partial charge in [0.1, 0.15) is 11.6 Å². The number of ether oxygens (including phenoxy) is 2. The number of hydrogen-bond acceptors (Lipinski definition) is 5. The van der Waals surface area contributed by atoms with Crippen LogP contribution in [0.5, 0.6) is 11.5 Å². The number of anilines is 1. The van der Waals surface area contributed by atoms with Gasteiger partial charge >= 0.3 is 5.97 Å². The van der Waals surface area contributed by atoms with E-state index in [9.17, 15) is 14.9 Å². The Morgan fingerprint density at radius 3 is 2.57 bits per heavy atom. The average molecular weight is 406 g/mol. The summed E-state index contributed by atoms with van der Waals surface area (Å²) in [6, 6.07) is 14.0. The van der Waals surface area contributed by atoms with E-state index in [-0.39, 0.29) is 5.57 Å². The van der Waals surface area contributed by atoms with Crippen LogP contribution in [0, 0.1) is 11.3 Å². The second-order valence-electron chi connectivity index (χ2n) is 6.11. The molecule has 0 spiro atoms. The predicted octanol–water partition coefficient (Wildman–Crippen LogP) is 3.82. The van der Waals surface area contributed by atoms with E-state index < -0.39 is 18.5 Å². The Balaban J connectivity index is 2.42. The molecule has 0 fully saturated rings. The van der Waals surface area contributed by atoms with Crippen LogP contribution in [0.25, 0.3) is 6.08 Å². The number of allylic oxidation sites excluding steroid dienone is 1. The van der Waals surface area contributed by atoms with Gasteiger partial charge in [0.25, 0.3) is 5.91 Å². The van der Waals surface area contributed by atoms with E-state index in [0.717, 1.165) is 0 Å². The summed E-state index contributed by atoms with van der Waals surface area (Å²) in [5.41, 5.74) is 1.65. The minimum absolute atomic E-state index is 0.0925. The van der Waals surface area contributed by atoms with Crippen LogP contribution >= 0.6 is 0 Å². The average Bonchev–Trinajstić information content (AvgIpc) is 2.72. The molecular weight excluding hydrogens is 384 g/mol. The zero-order chi connectivity index (χ0) is 21.9. The van der Waals surface area contributed by atoms with E-state index in [4.69, 9.17) is 14.6 Å². The highest BCUT2D eigenvalue weighted by Gasteiger charge is 2.16. The SMILES string of the molecule is C=CCc1cc(/C=C(\C#N)C(=O)Nc2ccccc2)cc(OCC)c1OCC(=O)O. The van der Waals surface area contributed by atoms with Crippen molar-refractivity contribution in [2.75, 3.05) is 18.5 Å². The van der Waals surface area contributed by atoms with Crippen molar-refractivity contribution in [2.45, 2.75) is 13.3 Å².